The van der Waals surface area contributed by atoms with Crippen LogP contribution in [0.2, 0.25) is 0 Å². The largest absolute Gasteiger partial charge is 0.290 e. The van der Waals surface area contributed by atoms with E-state index in [2.05, 4.69) is 32.9 Å². The van der Waals surface area contributed by atoms with Crippen molar-refractivity contribution >= 4 is 5.78 Å². The second-order valence-corrected chi connectivity index (χ2v) is 5.79. The van der Waals surface area contributed by atoms with Crippen molar-refractivity contribution in [2.75, 3.05) is 0 Å². The van der Waals surface area contributed by atoms with Gasteiger partial charge in [0.25, 0.3) is 0 Å². The Morgan fingerprint density at radius 3 is 2.69 bits per heavy atom. The number of carbonyl (C=O) groups excluding carboxylic acids is 1. The fraction of sp³-hybridized carbons (Fsp3) is 0.667. The van der Waals surface area contributed by atoms with Gasteiger partial charge in [0.2, 0.25) is 0 Å². The van der Waals surface area contributed by atoms with Gasteiger partial charge in [0.1, 0.15) is 0 Å². The maximum absolute atomic E-state index is 11.8. The first-order valence-corrected chi connectivity index (χ1v) is 6.31. The maximum Gasteiger partial charge on any atom is 0.180 e. The van der Waals surface area contributed by atoms with Crippen molar-refractivity contribution in [3.63, 3.8) is 0 Å². The van der Waals surface area contributed by atoms with Crippen LogP contribution in [0.5, 0.6) is 0 Å². The molecule has 0 amide bonds. The minimum absolute atomic E-state index is 0.147. The Labute approximate surface area is 99.6 Å². The SMILES string of the molecule is C/C1=C/CCC(C)CCC(C)(C)/C=C/C1=O. The lowest BCUT2D eigenvalue weighted by Crippen LogP contribution is -2.10. The Hall–Kier alpha value is -0.850. The second-order valence-electron chi connectivity index (χ2n) is 5.79. The topological polar surface area (TPSA) is 17.1 Å². The molecule has 1 unspecified atom stereocenters. The van der Waals surface area contributed by atoms with Crippen LogP contribution in [-0.2, 0) is 4.79 Å². The van der Waals surface area contributed by atoms with Gasteiger partial charge >= 0.3 is 0 Å². The van der Waals surface area contributed by atoms with E-state index in [0.29, 0.717) is 0 Å². The molecule has 90 valence electrons. The Kier molecular flexibility index (Phi) is 4.52. The van der Waals surface area contributed by atoms with Crippen LogP contribution >= 0.6 is 0 Å². The standard InChI is InChI=1S/C15H24O/c1-12-6-5-7-13(2)14(16)9-11-15(3,4)10-8-12/h7,9,11-12H,5-6,8,10H2,1-4H3/b11-9+,13-7-. The Morgan fingerprint density at radius 2 is 2.00 bits per heavy atom. The van der Waals surface area contributed by atoms with Gasteiger partial charge in [-0.25, -0.2) is 0 Å². The van der Waals surface area contributed by atoms with E-state index in [1.807, 2.05) is 6.92 Å². The summed E-state index contributed by atoms with van der Waals surface area (Å²) in [6.45, 7) is 8.64. The number of ketones is 1. The molecule has 0 aromatic carbocycles. The Morgan fingerprint density at radius 1 is 1.31 bits per heavy atom. The highest BCUT2D eigenvalue weighted by Crippen LogP contribution is 2.28. The van der Waals surface area contributed by atoms with Gasteiger partial charge in [-0.05, 0) is 55.6 Å². The van der Waals surface area contributed by atoms with E-state index in [1.165, 1.54) is 12.8 Å². The predicted molar refractivity (Wildman–Crippen MR) is 69.3 cm³/mol. The molecule has 1 atom stereocenters. The molecule has 0 heterocycles. The summed E-state index contributed by atoms with van der Waals surface area (Å²) in [7, 11) is 0. The van der Waals surface area contributed by atoms with Crippen LogP contribution in [0.25, 0.3) is 0 Å². The molecule has 0 N–H and O–H groups in total. The van der Waals surface area contributed by atoms with Gasteiger partial charge in [0, 0.05) is 0 Å². The second kappa shape index (κ2) is 5.47. The molecule has 0 bridgehead atoms. The third-order valence-corrected chi connectivity index (χ3v) is 3.47. The van der Waals surface area contributed by atoms with Crippen LogP contribution in [0.4, 0.5) is 0 Å². The highest BCUT2D eigenvalue weighted by atomic mass is 16.1. The van der Waals surface area contributed by atoms with Crippen molar-refractivity contribution in [2.24, 2.45) is 11.3 Å². The monoisotopic (exact) mass is 220 g/mol. The summed E-state index contributed by atoms with van der Waals surface area (Å²) < 4.78 is 0. The van der Waals surface area contributed by atoms with Crippen LogP contribution < -0.4 is 0 Å². The summed E-state index contributed by atoms with van der Waals surface area (Å²) in [5.41, 5.74) is 1.04. The molecule has 1 aliphatic carbocycles. The van der Waals surface area contributed by atoms with Gasteiger partial charge in [-0.3, -0.25) is 4.79 Å². The fourth-order valence-electron chi connectivity index (χ4n) is 1.96. The molecule has 0 aromatic rings. The average molecular weight is 220 g/mol. The summed E-state index contributed by atoms with van der Waals surface area (Å²) in [4.78, 5) is 11.8. The van der Waals surface area contributed by atoms with Crippen molar-refractivity contribution in [1.29, 1.82) is 0 Å². The number of allylic oxidation sites excluding steroid dienone is 4. The average Bonchev–Trinajstić information content (AvgIpc) is 2.23. The Balaban J connectivity index is 2.84. The molecule has 0 aliphatic heterocycles. The zero-order chi connectivity index (χ0) is 12.2. The summed E-state index contributed by atoms with van der Waals surface area (Å²) in [5, 5.41) is 0. The first-order chi connectivity index (χ1) is 7.41. The quantitative estimate of drug-likeness (QED) is 0.595. The van der Waals surface area contributed by atoms with E-state index < -0.39 is 0 Å². The van der Waals surface area contributed by atoms with Crippen LogP contribution in [0, 0.1) is 11.3 Å². The molecule has 0 saturated heterocycles. The van der Waals surface area contributed by atoms with E-state index in [9.17, 15) is 4.79 Å². The van der Waals surface area contributed by atoms with Crippen LogP contribution in [0.3, 0.4) is 0 Å². The van der Waals surface area contributed by atoms with Gasteiger partial charge in [0.05, 0.1) is 0 Å². The summed E-state index contributed by atoms with van der Waals surface area (Å²) in [6.07, 6.45) is 10.6. The summed E-state index contributed by atoms with van der Waals surface area (Å²) in [5.74, 6) is 0.924. The molecule has 16 heavy (non-hydrogen) atoms. The number of hydrogen-bond acceptors (Lipinski definition) is 1. The summed E-state index contributed by atoms with van der Waals surface area (Å²) >= 11 is 0. The normalized spacial score (nSPS) is 32.4. The lowest BCUT2D eigenvalue weighted by atomic mass is 9.84. The maximum atomic E-state index is 11.8. The third-order valence-electron chi connectivity index (χ3n) is 3.47. The van der Waals surface area contributed by atoms with Gasteiger partial charge in [0.15, 0.2) is 5.78 Å². The van der Waals surface area contributed by atoms with Crippen molar-refractivity contribution in [2.45, 2.75) is 53.4 Å². The number of rotatable bonds is 0. The van der Waals surface area contributed by atoms with E-state index in [1.54, 1.807) is 6.08 Å². The molecule has 1 nitrogen and oxygen atoms in total. The zero-order valence-electron chi connectivity index (χ0n) is 11.0. The predicted octanol–water partition coefficient (Wildman–Crippen LogP) is 4.29. The molecule has 0 aromatic heterocycles. The van der Waals surface area contributed by atoms with Crippen molar-refractivity contribution in [3.8, 4) is 0 Å². The molecular formula is C15H24O. The lowest BCUT2D eigenvalue weighted by molar-refractivity contribution is -0.111. The van der Waals surface area contributed by atoms with E-state index >= 15 is 0 Å². The third kappa shape index (κ3) is 4.34. The fourth-order valence-corrected chi connectivity index (χ4v) is 1.96. The van der Waals surface area contributed by atoms with Gasteiger partial charge in [-0.15, -0.1) is 0 Å². The molecular weight excluding hydrogens is 196 g/mol. The zero-order valence-corrected chi connectivity index (χ0v) is 11.0. The molecule has 1 aliphatic rings. The van der Waals surface area contributed by atoms with E-state index in [0.717, 1.165) is 24.3 Å². The van der Waals surface area contributed by atoms with Crippen LogP contribution in [-0.4, -0.2) is 5.78 Å². The minimum Gasteiger partial charge on any atom is -0.290 e. The number of carbonyl (C=O) groups is 1. The van der Waals surface area contributed by atoms with Gasteiger partial charge < -0.3 is 0 Å². The highest BCUT2D eigenvalue weighted by molar-refractivity contribution is 6.03. The van der Waals surface area contributed by atoms with Crippen LogP contribution in [0.1, 0.15) is 53.4 Å². The minimum atomic E-state index is 0.147. The molecule has 0 radical (unpaired) electrons. The van der Waals surface area contributed by atoms with Crippen LogP contribution in [0.15, 0.2) is 23.8 Å². The first-order valence-electron chi connectivity index (χ1n) is 6.31. The van der Waals surface area contributed by atoms with Crippen molar-refractivity contribution in [1.82, 2.24) is 0 Å². The molecule has 0 saturated carbocycles. The van der Waals surface area contributed by atoms with Gasteiger partial charge in [-0.2, -0.15) is 0 Å². The van der Waals surface area contributed by atoms with E-state index in [4.69, 9.17) is 0 Å². The van der Waals surface area contributed by atoms with Gasteiger partial charge in [-0.1, -0.05) is 32.9 Å². The van der Waals surface area contributed by atoms with E-state index in [-0.39, 0.29) is 11.2 Å². The molecule has 1 heteroatoms. The molecule has 0 spiro atoms. The van der Waals surface area contributed by atoms with Crippen molar-refractivity contribution < 1.29 is 4.79 Å². The smallest absolute Gasteiger partial charge is 0.180 e. The lowest BCUT2D eigenvalue weighted by Gasteiger charge is -2.22. The molecule has 0 fully saturated rings. The molecule has 1 rings (SSSR count). The summed E-state index contributed by atoms with van der Waals surface area (Å²) in [6, 6.07) is 0. The first kappa shape index (κ1) is 13.2. The van der Waals surface area contributed by atoms with Crippen molar-refractivity contribution in [3.05, 3.63) is 23.8 Å². The number of hydrogen-bond donors (Lipinski definition) is 0. The highest BCUT2D eigenvalue weighted by Gasteiger charge is 2.16. The Bertz CT molecular complexity index is 307.